The van der Waals surface area contributed by atoms with Crippen molar-refractivity contribution in [1.29, 1.82) is 0 Å². The molecule has 0 aliphatic carbocycles. The Labute approximate surface area is 146 Å². The number of ether oxygens (including phenoxy) is 1. The van der Waals surface area contributed by atoms with Crippen LogP contribution in [0.3, 0.4) is 0 Å². The average molecular weight is 351 g/mol. The third-order valence-corrected chi connectivity index (χ3v) is 4.30. The number of rotatable bonds is 5. The summed E-state index contributed by atoms with van der Waals surface area (Å²) in [5.74, 6) is 1.34. The molecule has 6 heteroatoms. The molecule has 2 atom stereocenters. The third-order valence-electron chi connectivity index (χ3n) is 4.30. The first-order valence-electron chi connectivity index (χ1n) is 7.49. The number of halogens is 2. The van der Waals surface area contributed by atoms with E-state index < -0.39 is 0 Å². The molecule has 1 fully saturated rings. The van der Waals surface area contributed by atoms with E-state index >= 15 is 0 Å². The van der Waals surface area contributed by atoms with Crippen LogP contribution in [-0.4, -0.2) is 43.3 Å². The number of nitrogens with zero attached hydrogens (tertiary/aromatic N) is 1. The Balaban J connectivity index is 0.00000220. The van der Waals surface area contributed by atoms with E-state index in [1.807, 2.05) is 18.2 Å². The van der Waals surface area contributed by atoms with Crippen molar-refractivity contribution in [3.05, 3.63) is 23.8 Å². The van der Waals surface area contributed by atoms with Gasteiger partial charge < -0.3 is 15.2 Å². The van der Waals surface area contributed by atoms with Crippen LogP contribution in [-0.2, 0) is 0 Å². The van der Waals surface area contributed by atoms with Crippen molar-refractivity contribution < 1.29 is 9.84 Å². The maximum atomic E-state index is 10.5. The Morgan fingerprint density at radius 1 is 1.27 bits per heavy atom. The molecule has 1 aliphatic rings. The molecule has 1 aromatic carbocycles. The number of piperazine rings is 1. The Kier molecular flexibility index (Phi) is 9.85. The van der Waals surface area contributed by atoms with Crippen LogP contribution in [0, 0.1) is 5.92 Å². The van der Waals surface area contributed by atoms with Gasteiger partial charge in [0.25, 0.3) is 0 Å². The molecule has 1 aliphatic heterocycles. The largest absolute Gasteiger partial charge is 0.504 e. The van der Waals surface area contributed by atoms with Crippen molar-refractivity contribution in [2.24, 2.45) is 5.92 Å². The van der Waals surface area contributed by atoms with Crippen molar-refractivity contribution in [2.75, 3.05) is 33.3 Å². The van der Waals surface area contributed by atoms with Crippen molar-refractivity contribution >= 4 is 24.8 Å². The van der Waals surface area contributed by atoms with E-state index in [4.69, 9.17) is 4.74 Å². The molecule has 0 aromatic heterocycles. The number of hydrogen-bond donors (Lipinski definition) is 2. The zero-order valence-corrected chi connectivity index (χ0v) is 15.2. The van der Waals surface area contributed by atoms with Gasteiger partial charge in [-0.25, -0.2) is 0 Å². The molecule has 0 radical (unpaired) electrons. The van der Waals surface area contributed by atoms with Gasteiger partial charge in [-0.3, -0.25) is 4.90 Å². The Hall–Kier alpha value is -0.680. The van der Waals surface area contributed by atoms with Crippen molar-refractivity contribution in [2.45, 2.75) is 26.3 Å². The van der Waals surface area contributed by atoms with Crippen molar-refractivity contribution in [1.82, 2.24) is 10.2 Å². The van der Waals surface area contributed by atoms with E-state index in [1.165, 1.54) is 0 Å². The van der Waals surface area contributed by atoms with Crippen LogP contribution in [0.4, 0.5) is 0 Å². The fourth-order valence-corrected chi connectivity index (χ4v) is 2.99. The molecule has 0 amide bonds. The Morgan fingerprint density at radius 3 is 2.45 bits per heavy atom. The summed E-state index contributed by atoms with van der Waals surface area (Å²) < 4.78 is 5.26. The number of benzene rings is 1. The molecule has 0 bridgehead atoms. The van der Waals surface area contributed by atoms with Crippen LogP contribution < -0.4 is 10.1 Å². The summed E-state index contributed by atoms with van der Waals surface area (Å²) >= 11 is 0. The summed E-state index contributed by atoms with van der Waals surface area (Å²) in [5.41, 5.74) is 0.987. The number of hydrogen-bond acceptors (Lipinski definition) is 4. The first kappa shape index (κ1) is 21.3. The minimum atomic E-state index is 0. The quantitative estimate of drug-likeness (QED) is 0.855. The molecule has 1 aromatic rings. The van der Waals surface area contributed by atoms with E-state index in [0.29, 0.717) is 17.4 Å². The molecule has 22 heavy (non-hydrogen) atoms. The first-order chi connectivity index (χ1) is 9.69. The van der Waals surface area contributed by atoms with Crippen molar-refractivity contribution in [3.8, 4) is 11.5 Å². The number of methoxy groups -OCH3 is 1. The molecule has 1 heterocycles. The minimum absolute atomic E-state index is 0. The zero-order valence-electron chi connectivity index (χ0n) is 13.5. The Bertz CT molecular complexity index is 440. The van der Waals surface area contributed by atoms with Gasteiger partial charge in [-0.2, -0.15) is 0 Å². The highest BCUT2D eigenvalue weighted by Gasteiger charge is 2.29. The van der Waals surface area contributed by atoms with Crippen LogP contribution >= 0.6 is 24.8 Å². The minimum Gasteiger partial charge on any atom is -0.504 e. The van der Waals surface area contributed by atoms with Gasteiger partial charge in [-0.15, -0.1) is 24.8 Å². The molecule has 1 unspecified atom stereocenters. The molecule has 2 rings (SSSR count). The molecule has 4 nitrogen and oxygen atoms in total. The topological polar surface area (TPSA) is 44.7 Å². The van der Waals surface area contributed by atoms with Gasteiger partial charge in [0.2, 0.25) is 0 Å². The average Bonchev–Trinajstić information content (AvgIpc) is 2.50. The molecule has 1 saturated heterocycles. The summed E-state index contributed by atoms with van der Waals surface area (Å²) in [6.45, 7) is 8.52. The summed E-state index contributed by atoms with van der Waals surface area (Å²) in [4.78, 5) is 2.47. The van der Waals surface area contributed by atoms with E-state index in [0.717, 1.165) is 38.2 Å². The van der Waals surface area contributed by atoms with Gasteiger partial charge in [-0.1, -0.05) is 32.4 Å². The maximum absolute atomic E-state index is 10.5. The van der Waals surface area contributed by atoms with Crippen LogP contribution in [0.5, 0.6) is 11.5 Å². The fourth-order valence-electron chi connectivity index (χ4n) is 2.99. The zero-order chi connectivity index (χ0) is 14.5. The molecular formula is C16H28Cl2N2O2. The normalized spacial score (nSPS) is 17.8. The lowest BCUT2D eigenvalue weighted by molar-refractivity contribution is 0.126. The Morgan fingerprint density at radius 2 is 1.91 bits per heavy atom. The monoisotopic (exact) mass is 350 g/mol. The van der Waals surface area contributed by atoms with Gasteiger partial charge in [0.15, 0.2) is 11.5 Å². The van der Waals surface area contributed by atoms with Crippen LogP contribution in [0.15, 0.2) is 18.2 Å². The summed E-state index contributed by atoms with van der Waals surface area (Å²) in [6.07, 6.45) is 1.09. The number of para-hydroxylation sites is 1. The summed E-state index contributed by atoms with van der Waals surface area (Å²) in [7, 11) is 1.60. The van der Waals surface area contributed by atoms with Gasteiger partial charge in [0.1, 0.15) is 0 Å². The lowest BCUT2D eigenvalue weighted by Gasteiger charge is -2.38. The fraction of sp³-hybridized carbons (Fsp3) is 0.625. The van der Waals surface area contributed by atoms with E-state index in [-0.39, 0.29) is 30.9 Å². The number of nitrogens with one attached hydrogen (secondary N) is 1. The molecule has 0 saturated carbocycles. The SMILES string of the molecule is CCC(C)[C@H](c1cccc(OC)c1O)N1CCNCC1.Cl.Cl. The van der Waals surface area contributed by atoms with Gasteiger partial charge >= 0.3 is 0 Å². The second-order valence-electron chi connectivity index (χ2n) is 5.51. The van der Waals surface area contributed by atoms with Crippen LogP contribution in [0.25, 0.3) is 0 Å². The molecular weight excluding hydrogens is 323 g/mol. The van der Waals surface area contributed by atoms with E-state index in [1.54, 1.807) is 7.11 Å². The summed E-state index contributed by atoms with van der Waals surface area (Å²) in [5, 5.41) is 13.9. The van der Waals surface area contributed by atoms with Gasteiger partial charge in [-0.05, 0) is 12.0 Å². The molecule has 0 spiro atoms. The number of phenolic OH excluding ortho intramolecular Hbond substituents is 1. The number of phenols is 1. The predicted octanol–water partition coefficient (Wildman–Crippen LogP) is 3.24. The lowest BCUT2D eigenvalue weighted by atomic mass is 9.89. The smallest absolute Gasteiger partial charge is 0.162 e. The highest BCUT2D eigenvalue weighted by Crippen LogP contribution is 2.40. The number of aromatic hydroxyl groups is 1. The van der Waals surface area contributed by atoms with Gasteiger partial charge in [0.05, 0.1) is 7.11 Å². The van der Waals surface area contributed by atoms with Gasteiger partial charge in [0, 0.05) is 37.8 Å². The summed E-state index contributed by atoms with van der Waals surface area (Å²) in [6, 6.07) is 6.05. The third kappa shape index (κ3) is 4.66. The molecule has 128 valence electrons. The first-order valence-corrected chi connectivity index (χ1v) is 7.49. The maximum Gasteiger partial charge on any atom is 0.162 e. The van der Waals surface area contributed by atoms with Crippen LogP contribution in [0.1, 0.15) is 31.9 Å². The standard InChI is InChI=1S/C16H26N2O2.2ClH/c1-4-12(2)15(18-10-8-17-9-11-18)13-6-5-7-14(20-3)16(13)19;;/h5-7,12,15,17,19H,4,8-11H2,1-3H3;2*1H/t12?,15-;;/m1../s1. The van der Waals surface area contributed by atoms with Crippen LogP contribution in [0.2, 0.25) is 0 Å². The highest BCUT2D eigenvalue weighted by atomic mass is 35.5. The lowest BCUT2D eigenvalue weighted by Crippen LogP contribution is -2.46. The highest BCUT2D eigenvalue weighted by molar-refractivity contribution is 5.85. The predicted molar refractivity (Wildman–Crippen MR) is 95.8 cm³/mol. The second kappa shape index (κ2) is 10.2. The van der Waals surface area contributed by atoms with E-state index in [9.17, 15) is 5.11 Å². The molecule has 2 N–H and O–H groups in total. The van der Waals surface area contributed by atoms with E-state index in [2.05, 4.69) is 24.1 Å². The second-order valence-corrected chi connectivity index (χ2v) is 5.51. The van der Waals surface area contributed by atoms with Crippen molar-refractivity contribution in [3.63, 3.8) is 0 Å².